The zero-order valence-electron chi connectivity index (χ0n) is 20.5. The van der Waals surface area contributed by atoms with Crippen molar-refractivity contribution in [2.45, 2.75) is 144 Å². The van der Waals surface area contributed by atoms with Crippen molar-refractivity contribution in [1.29, 1.82) is 0 Å². The van der Waals surface area contributed by atoms with E-state index in [1.54, 1.807) is 0 Å². The summed E-state index contributed by atoms with van der Waals surface area (Å²) in [6.45, 7) is 14.2. The zero-order valence-corrected chi connectivity index (χ0v) is 23.4. The fourth-order valence-corrected chi connectivity index (χ4v) is 4.39. The Labute approximate surface area is 198 Å². The van der Waals surface area contributed by atoms with Crippen molar-refractivity contribution in [3.8, 4) is 0 Å². The Morgan fingerprint density at radius 2 is 0.893 bits per heavy atom. The van der Waals surface area contributed by atoms with Gasteiger partial charge >= 0.3 is 0 Å². The smallest absolute Gasteiger partial charge is 0.0223 e. The van der Waals surface area contributed by atoms with Gasteiger partial charge in [-0.15, -0.1) is 11.6 Å². The van der Waals surface area contributed by atoms with Crippen LogP contribution >= 0.6 is 34.2 Å². The van der Waals surface area contributed by atoms with Gasteiger partial charge in [0.25, 0.3) is 0 Å². The molecule has 0 rings (SSSR count). The third-order valence-electron chi connectivity index (χ3n) is 5.89. The van der Waals surface area contributed by atoms with Gasteiger partial charge in [-0.1, -0.05) is 128 Å². The molecule has 2 heteroatoms. The topological polar surface area (TPSA) is 0 Å². The molecule has 0 saturated carbocycles. The highest BCUT2D eigenvalue weighted by Crippen LogP contribution is 2.30. The average Bonchev–Trinajstić information content (AvgIpc) is 2.65. The minimum absolute atomic E-state index is 0.566. The van der Waals surface area contributed by atoms with E-state index in [-0.39, 0.29) is 0 Å². The summed E-state index contributed by atoms with van der Waals surface area (Å²) in [7, 11) is 0. The van der Waals surface area contributed by atoms with Crippen molar-refractivity contribution in [3.05, 3.63) is 0 Å². The standard InChI is InChI=1S/C13H27Cl.C13H27I/c2*1-4-5-10-13(2,3)11-8-6-7-9-12-14/h2*4-12H2,1-3H3. The quantitative estimate of drug-likeness (QED) is 0.0942. The first-order valence-corrected chi connectivity index (χ1v) is 14.4. The van der Waals surface area contributed by atoms with Crippen LogP contribution in [0.15, 0.2) is 0 Å². The lowest BCUT2D eigenvalue weighted by atomic mass is 9.82. The fourth-order valence-electron chi connectivity index (χ4n) is 3.66. The largest absolute Gasteiger partial charge is 0.127 e. The van der Waals surface area contributed by atoms with Crippen molar-refractivity contribution >= 4 is 34.2 Å². The van der Waals surface area contributed by atoms with Gasteiger partial charge in [0.05, 0.1) is 0 Å². The third-order valence-corrected chi connectivity index (χ3v) is 6.92. The molecule has 0 N–H and O–H groups in total. The molecule has 0 aromatic heterocycles. The SMILES string of the molecule is CCCCC(C)(C)CCCCCCCl.CCCCC(C)(C)CCCCCCI. The van der Waals surface area contributed by atoms with Crippen LogP contribution in [0.25, 0.3) is 0 Å². The summed E-state index contributed by atoms with van der Waals surface area (Å²) in [6.07, 6.45) is 22.1. The lowest BCUT2D eigenvalue weighted by Crippen LogP contribution is -2.10. The second-order valence-corrected chi connectivity index (χ2v) is 11.7. The number of hydrogen-bond acceptors (Lipinski definition) is 0. The summed E-state index contributed by atoms with van der Waals surface area (Å²) >= 11 is 8.11. The lowest BCUT2D eigenvalue weighted by molar-refractivity contribution is 0.286. The van der Waals surface area contributed by atoms with E-state index in [9.17, 15) is 0 Å². The van der Waals surface area contributed by atoms with Crippen LogP contribution in [0.2, 0.25) is 0 Å². The van der Waals surface area contributed by atoms with E-state index < -0.39 is 0 Å². The van der Waals surface area contributed by atoms with Crippen molar-refractivity contribution < 1.29 is 0 Å². The molecule has 0 aliphatic carbocycles. The maximum absolute atomic E-state index is 5.64. The molecule has 0 aromatic carbocycles. The van der Waals surface area contributed by atoms with E-state index in [4.69, 9.17) is 11.6 Å². The van der Waals surface area contributed by atoms with Crippen LogP contribution in [0.1, 0.15) is 144 Å². The highest BCUT2D eigenvalue weighted by atomic mass is 127. The molecule has 0 atom stereocenters. The van der Waals surface area contributed by atoms with E-state index in [1.807, 2.05) is 0 Å². The summed E-state index contributed by atoms with van der Waals surface area (Å²) in [6, 6.07) is 0. The molecule has 0 nitrogen and oxygen atoms in total. The van der Waals surface area contributed by atoms with E-state index in [0.717, 1.165) is 5.88 Å². The monoisotopic (exact) mass is 528 g/mol. The first-order chi connectivity index (χ1) is 13.2. The summed E-state index contributed by atoms with van der Waals surface area (Å²) in [5.41, 5.74) is 1.16. The van der Waals surface area contributed by atoms with Crippen LogP contribution in [-0.4, -0.2) is 10.3 Å². The number of halogens is 2. The number of unbranched alkanes of at least 4 members (excludes halogenated alkanes) is 8. The minimum atomic E-state index is 0.566. The Morgan fingerprint density at radius 3 is 1.25 bits per heavy atom. The normalized spacial score (nSPS) is 12.0. The van der Waals surface area contributed by atoms with Crippen LogP contribution in [0.3, 0.4) is 0 Å². The van der Waals surface area contributed by atoms with Crippen molar-refractivity contribution in [2.24, 2.45) is 10.8 Å². The molecular weight excluding hydrogens is 475 g/mol. The third kappa shape index (κ3) is 25.1. The molecule has 0 unspecified atom stereocenters. The predicted octanol–water partition coefficient (Wildman–Crippen LogP) is 11.0. The molecule has 0 bridgehead atoms. The summed E-state index contributed by atoms with van der Waals surface area (Å²) in [4.78, 5) is 0. The van der Waals surface area contributed by atoms with Crippen molar-refractivity contribution in [1.82, 2.24) is 0 Å². The molecule has 0 aliphatic heterocycles. The second-order valence-electron chi connectivity index (χ2n) is 10.2. The number of rotatable bonds is 18. The molecule has 0 spiro atoms. The van der Waals surface area contributed by atoms with Gasteiger partial charge in [-0.3, -0.25) is 0 Å². The zero-order chi connectivity index (χ0) is 21.7. The fraction of sp³-hybridized carbons (Fsp3) is 1.00. The molecule has 28 heavy (non-hydrogen) atoms. The lowest BCUT2D eigenvalue weighted by Gasteiger charge is -2.24. The Balaban J connectivity index is 0. The maximum Gasteiger partial charge on any atom is 0.0223 e. The van der Waals surface area contributed by atoms with Gasteiger partial charge in [-0.05, 0) is 53.8 Å². The van der Waals surface area contributed by atoms with Gasteiger partial charge in [-0.25, -0.2) is 0 Å². The Hall–Kier alpha value is 1.02. The van der Waals surface area contributed by atoms with Crippen LogP contribution in [0.4, 0.5) is 0 Å². The molecular formula is C26H54ClI. The van der Waals surface area contributed by atoms with Crippen LogP contribution in [0, 0.1) is 10.8 Å². The molecule has 172 valence electrons. The van der Waals surface area contributed by atoms with Crippen LogP contribution in [-0.2, 0) is 0 Å². The molecule has 0 heterocycles. The van der Waals surface area contributed by atoms with Gasteiger partial charge in [-0.2, -0.15) is 0 Å². The highest BCUT2D eigenvalue weighted by molar-refractivity contribution is 14.1. The predicted molar refractivity (Wildman–Crippen MR) is 142 cm³/mol. The van der Waals surface area contributed by atoms with Gasteiger partial charge in [0.1, 0.15) is 0 Å². The highest BCUT2D eigenvalue weighted by Gasteiger charge is 2.16. The Kier molecular flexibility index (Phi) is 23.7. The van der Waals surface area contributed by atoms with Crippen molar-refractivity contribution in [3.63, 3.8) is 0 Å². The van der Waals surface area contributed by atoms with Gasteiger partial charge in [0.15, 0.2) is 0 Å². The first kappa shape index (κ1) is 31.2. The summed E-state index contributed by atoms with van der Waals surface area (Å²) in [5, 5.41) is 0. The number of alkyl halides is 2. The molecule has 0 radical (unpaired) electrons. The summed E-state index contributed by atoms with van der Waals surface area (Å²) < 4.78 is 1.33. The summed E-state index contributed by atoms with van der Waals surface area (Å²) in [5.74, 6) is 0.833. The molecule has 0 fully saturated rings. The molecule has 0 amide bonds. The molecule has 0 aliphatic rings. The van der Waals surface area contributed by atoms with E-state index in [1.165, 1.54) is 107 Å². The van der Waals surface area contributed by atoms with Crippen LogP contribution < -0.4 is 0 Å². The molecule has 0 aromatic rings. The Morgan fingerprint density at radius 1 is 0.536 bits per heavy atom. The molecule has 0 saturated heterocycles. The van der Waals surface area contributed by atoms with E-state index in [2.05, 4.69) is 64.1 Å². The van der Waals surface area contributed by atoms with Gasteiger partial charge < -0.3 is 0 Å². The van der Waals surface area contributed by atoms with Crippen LogP contribution in [0.5, 0.6) is 0 Å². The average molecular weight is 529 g/mol. The minimum Gasteiger partial charge on any atom is -0.127 e. The Bertz CT molecular complexity index is 269. The second kappa shape index (κ2) is 21.3. The van der Waals surface area contributed by atoms with E-state index >= 15 is 0 Å². The maximum atomic E-state index is 5.64. The van der Waals surface area contributed by atoms with Gasteiger partial charge in [0.2, 0.25) is 0 Å². The van der Waals surface area contributed by atoms with Crippen molar-refractivity contribution in [2.75, 3.05) is 10.3 Å². The van der Waals surface area contributed by atoms with Gasteiger partial charge in [0, 0.05) is 5.88 Å². The number of hydrogen-bond donors (Lipinski definition) is 0. The first-order valence-electron chi connectivity index (χ1n) is 12.4. The van der Waals surface area contributed by atoms with E-state index in [0.29, 0.717) is 10.8 Å².